The number of carbonyl (C=O) groups is 3. The number of aliphatic imine (C=N–C) groups is 1. The summed E-state index contributed by atoms with van der Waals surface area (Å²) in [6.07, 6.45) is 9.59. The fourth-order valence-electron chi connectivity index (χ4n) is 7.84. The van der Waals surface area contributed by atoms with Crippen molar-refractivity contribution in [3.8, 4) is 11.5 Å². The van der Waals surface area contributed by atoms with Gasteiger partial charge in [-0.3, -0.25) is 14.6 Å². The lowest BCUT2D eigenvalue weighted by molar-refractivity contribution is -0.137. The quantitative estimate of drug-likeness (QED) is 0.0340. The number of halogens is 2. The molecule has 2 aromatic carbocycles. The number of hydrogen-bond acceptors (Lipinski definition) is 12. The molecule has 0 radical (unpaired) electrons. The minimum absolute atomic E-state index is 0.0325. The summed E-state index contributed by atoms with van der Waals surface area (Å²) >= 11 is 13.9. The van der Waals surface area contributed by atoms with E-state index in [4.69, 9.17) is 57.6 Å². The summed E-state index contributed by atoms with van der Waals surface area (Å²) in [5.41, 5.74) is 6.89. The van der Waals surface area contributed by atoms with Gasteiger partial charge in [-0.25, -0.2) is 9.48 Å². The van der Waals surface area contributed by atoms with Gasteiger partial charge in [-0.1, -0.05) is 34.8 Å². The van der Waals surface area contributed by atoms with Crippen molar-refractivity contribution < 1.29 is 38.1 Å². The summed E-state index contributed by atoms with van der Waals surface area (Å²) in [6.45, 7) is 3.53. The van der Waals surface area contributed by atoms with E-state index in [2.05, 4.69) is 20.9 Å². The highest BCUT2D eigenvalue weighted by Gasteiger charge is 2.42. The molecule has 0 bridgehead atoms. The number of rotatable bonds is 28. The molecule has 4 N–H and O–H groups in total. The maximum Gasteiger partial charge on any atom is 0.315 e. The Morgan fingerprint density at radius 2 is 1.46 bits per heavy atom. The van der Waals surface area contributed by atoms with Gasteiger partial charge in [0.15, 0.2) is 6.61 Å². The summed E-state index contributed by atoms with van der Waals surface area (Å²) in [5.74, 6) is 2.73. The zero-order valence-corrected chi connectivity index (χ0v) is 38.0. The molecule has 2 aliphatic heterocycles. The predicted octanol–water partition coefficient (Wildman–Crippen LogP) is 5.86. The fraction of sp³-hybridized carbons (Fsp3) is 0.591. The summed E-state index contributed by atoms with van der Waals surface area (Å²) in [5, 5.41) is 16.3. The van der Waals surface area contributed by atoms with Gasteiger partial charge < -0.3 is 45.0 Å². The SMILES string of the molecule is NC(COc1ccc(Cl)cc1)=NC1CCC(N(Cc2cn(CCOCCOCCOCCCC(=O)CCCC[C@@H]3SCC4NC(=O)NC43)nn2)C(=O)COc2ccc(Cl)cc2)CC1. The molecule has 3 heterocycles. The van der Waals surface area contributed by atoms with Crippen LogP contribution in [0.1, 0.15) is 69.9 Å². The molecule has 3 aromatic rings. The van der Waals surface area contributed by atoms with Gasteiger partial charge in [-0.2, -0.15) is 11.8 Å². The maximum atomic E-state index is 13.7. The van der Waals surface area contributed by atoms with Gasteiger partial charge in [-0.05, 0) is 93.5 Å². The average Bonchev–Trinajstić information content (AvgIpc) is 4.00. The highest BCUT2D eigenvalue weighted by molar-refractivity contribution is 8.00. The summed E-state index contributed by atoms with van der Waals surface area (Å²) in [6, 6.07) is 14.4. The molecule has 1 aliphatic carbocycles. The number of nitrogens with two attached hydrogens (primary N) is 1. The maximum absolute atomic E-state index is 13.7. The van der Waals surface area contributed by atoms with Crippen molar-refractivity contribution in [3.05, 3.63) is 70.5 Å². The van der Waals surface area contributed by atoms with Gasteiger partial charge in [0.1, 0.15) is 35.4 Å². The Kier molecular flexibility index (Phi) is 19.9. The number of unbranched alkanes of at least 4 members (excludes halogenated alkanes) is 1. The number of ketones is 1. The van der Waals surface area contributed by atoms with Crippen molar-refractivity contribution in [1.29, 1.82) is 0 Å². The molecule has 3 amide bonds. The van der Waals surface area contributed by atoms with Crippen molar-refractivity contribution in [2.75, 3.05) is 58.6 Å². The zero-order chi connectivity index (χ0) is 44.2. The monoisotopic (exact) mass is 930 g/mol. The molecular weight excluding hydrogens is 872 g/mol. The van der Waals surface area contributed by atoms with E-state index < -0.39 is 0 Å². The number of carbonyl (C=O) groups excluding carboxylic acids is 3. The number of fused-ring (bicyclic) bond motifs is 1. The van der Waals surface area contributed by atoms with Crippen LogP contribution < -0.4 is 25.8 Å². The van der Waals surface area contributed by atoms with Gasteiger partial charge in [0.25, 0.3) is 5.91 Å². The number of ether oxygens (including phenoxy) is 5. The lowest BCUT2D eigenvalue weighted by atomic mass is 9.90. The average molecular weight is 932 g/mol. The van der Waals surface area contributed by atoms with E-state index >= 15 is 0 Å². The van der Waals surface area contributed by atoms with Crippen molar-refractivity contribution in [1.82, 2.24) is 30.5 Å². The normalized spacial score (nSPS) is 20.8. The molecule has 3 aliphatic rings. The number of nitrogens with one attached hydrogen (secondary N) is 2. The molecule has 2 unspecified atom stereocenters. The Hall–Kier alpha value is -4.13. The van der Waals surface area contributed by atoms with E-state index in [0.717, 1.165) is 50.7 Å². The minimum Gasteiger partial charge on any atom is -0.486 e. The van der Waals surface area contributed by atoms with Crippen molar-refractivity contribution in [2.45, 2.75) is 107 Å². The predicted molar refractivity (Wildman–Crippen MR) is 243 cm³/mol. The Morgan fingerprint density at radius 1 is 0.825 bits per heavy atom. The third-order valence-electron chi connectivity index (χ3n) is 11.2. The highest BCUT2D eigenvalue weighted by Crippen LogP contribution is 2.33. The molecule has 3 atom stereocenters. The lowest BCUT2D eigenvalue weighted by Gasteiger charge is -2.35. The topological polar surface area (TPSA) is 194 Å². The molecule has 6 rings (SSSR count). The summed E-state index contributed by atoms with van der Waals surface area (Å²) in [7, 11) is 0. The number of urea groups is 1. The lowest BCUT2D eigenvalue weighted by Crippen LogP contribution is -2.44. The van der Waals surface area contributed by atoms with Crippen LogP contribution in [0.25, 0.3) is 0 Å². The first-order chi connectivity index (χ1) is 30.7. The van der Waals surface area contributed by atoms with Gasteiger partial charge in [0.05, 0.1) is 70.4 Å². The summed E-state index contributed by atoms with van der Waals surface area (Å²) in [4.78, 5) is 44.1. The van der Waals surface area contributed by atoms with Gasteiger partial charge in [0.2, 0.25) is 0 Å². The third kappa shape index (κ3) is 16.7. The molecule has 2 saturated heterocycles. The van der Waals surface area contributed by atoms with Crippen LogP contribution in [0.4, 0.5) is 4.79 Å². The molecule has 19 heteroatoms. The van der Waals surface area contributed by atoms with E-state index in [-0.39, 0.29) is 61.6 Å². The molecule has 0 spiro atoms. The van der Waals surface area contributed by atoms with Crippen LogP contribution in [0.2, 0.25) is 10.0 Å². The van der Waals surface area contributed by atoms with Crippen molar-refractivity contribution in [2.24, 2.45) is 10.7 Å². The number of nitrogens with zero attached hydrogens (tertiary/aromatic N) is 5. The van der Waals surface area contributed by atoms with E-state index in [1.54, 1.807) is 53.2 Å². The van der Waals surface area contributed by atoms with Crippen LogP contribution >= 0.6 is 35.0 Å². The zero-order valence-electron chi connectivity index (χ0n) is 35.7. The molecule has 1 aromatic heterocycles. The number of amidine groups is 1. The number of hydrogen-bond donors (Lipinski definition) is 3. The second kappa shape index (κ2) is 26.0. The molecule has 63 heavy (non-hydrogen) atoms. The smallest absolute Gasteiger partial charge is 0.315 e. The van der Waals surface area contributed by atoms with Crippen LogP contribution in [0.3, 0.4) is 0 Å². The fourth-order valence-corrected chi connectivity index (χ4v) is 9.64. The molecule has 16 nitrogen and oxygen atoms in total. The van der Waals surface area contributed by atoms with E-state index in [0.29, 0.717) is 104 Å². The first kappa shape index (κ1) is 48.3. The molecule has 1 saturated carbocycles. The van der Waals surface area contributed by atoms with Gasteiger partial charge in [0, 0.05) is 46.5 Å². The number of amides is 3. The van der Waals surface area contributed by atoms with Gasteiger partial charge >= 0.3 is 6.03 Å². The van der Waals surface area contributed by atoms with Crippen LogP contribution in [-0.2, 0) is 36.9 Å². The van der Waals surface area contributed by atoms with E-state index in [1.165, 1.54) is 0 Å². The second-order valence-corrected chi connectivity index (χ2v) is 18.1. The number of aromatic nitrogens is 3. The standard InChI is InChI=1S/C44H60Cl2N8O8S/c45-31-7-15-37(16-8-31)61-28-41(47)48-33-11-13-35(14-12-33)54(42(56)29-62-38-17-9-32(46)10-18-38)27-34-26-53(52-51-34)19-21-59-23-25-60-24-22-58-20-3-5-36(55)4-1-2-6-40-43-39(30-63-40)49-44(57)50-43/h7-10,15-18,26,33,35,39-40,43H,1-6,11-14,19-25,27-30H2,(H2,47,48)(H2,49,50,57)/t33?,35?,39?,40-,43?/m0/s1. The van der Waals surface area contributed by atoms with Crippen molar-refractivity contribution in [3.63, 3.8) is 0 Å². The van der Waals surface area contributed by atoms with Crippen LogP contribution in [0, 0.1) is 0 Å². The third-order valence-corrected chi connectivity index (χ3v) is 13.2. The van der Waals surface area contributed by atoms with Gasteiger partial charge in [-0.15, -0.1) is 5.10 Å². The molecule has 344 valence electrons. The van der Waals surface area contributed by atoms with Crippen LogP contribution in [0.15, 0.2) is 59.7 Å². The molecular formula is C44H60Cl2N8O8S. The van der Waals surface area contributed by atoms with E-state index in [1.807, 2.05) is 22.9 Å². The first-order valence-electron chi connectivity index (χ1n) is 21.9. The molecule has 3 fully saturated rings. The largest absolute Gasteiger partial charge is 0.486 e. The number of benzene rings is 2. The summed E-state index contributed by atoms with van der Waals surface area (Å²) < 4.78 is 30.3. The van der Waals surface area contributed by atoms with E-state index in [9.17, 15) is 14.4 Å². The number of Topliss-reactive ketones (excluding diaryl/α,β-unsaturated/α-hetero) is 1. The van der Waals surface area contributed by atoms with Crippen LogP contribution in [-0.4, -0.2) is 131 Å². The Bertz CT molecular complexity index is 1900. The van der Waals surface area contributed by atoms with Crippen molar-refractivity contribution >= 4 is 58.5 Å². The highest BCUT2D eigenvalue weighted by atomic mass is 35.5. The second-order valence-electron chi connectivity index (χ2n) is 15.9. The Morgan fingerprint density at radius 3 is 2.16 bits per heavy atom. The van der Waals surface area contributed by atoms with Crippen LogP contribution in [0.5, 0.6) is 11.5 Å². The number of thioether (sulfide) groups is 1. The minimum atomic E-state index is -0.151. The Balaban J connectivity index is 0.820. The Labute approximate surface area is 383 Å². The first-order valence-corrected chi connectivity index (χ1v) is 23.7.